The lowest BCUT2D eigenvalue weighted by Crippen LogP contribution is -2.48. The zero-order valence-corrected chi connectivity index (χ0v) is 15.3. The minimum absolute atomic E-state index is 0.0906. The van der Waals surface area contributed by atoms with Gasteiger partial charge in [-0.25, -0.2) is 4.79 Å². The number of amides is 1. The van der Waals surface area contributed by atoms with E-state index in [1.165, 1.54) is 0 Å². The van der Waals surface area contributed by atoms with Gasteiger partial charge in [0.25, 0.3) is 0 Å². The van der Waals surface area contributed by atoms with Gasteiger partial charge in [0.05, 0.1) is 12.1 Å². The minimum Gasteiger partial charge on any atom is -0.408 e. The number of aromatic amines is 1. The molecule has 140 valence electrons. The molecule has 1 fully saturated rings. The van der Waals surface area contributed by atoms with Gasteiger partial charge < -0.3 is 14.6 Å². The molecule has 1 aliphatic rings. The maximum atomic E-state index is 12.3. The number of anilines is 2. The largest absolute Gasteiger partial charge is 0.417 e. The summed E-state index contributed by atoms with van der Waals surface area (Å²) in [6.07, 6.45) is 0. The molecule has 27 heavy (non-hydrogen) atoms. The van der Waals surface area contributed by atoms with E-state index in [4.69, 9.17) is 16.0 Å². The molecule has 0 saturated carbocycles. The summed E-state index contributed by atoms with van der Waals surface area (Å²) in [5, 5.41) is 3.58. The maximum absolute atomic E-state index is 12.3. The second-order valence-corrected chi connectivity index (χ2v) is 6.95. The number of carbonyl (C=O) groups is 1. The van der Waals surface area contributed by atoms with Crippen molar-refractivity contribution in [2.45, 2.75) is 0 Å². The highest BCUT2D eigenvalue weighted by Gasteiger charge is 2.19. The van der Waals surface area contributed by atoms with Crippen LogP contribution < -0.4 is 16.0 Å². The Morgan fingerprint density at radius 3 is 2.59 bits per heavy atom. The van der Waals surface area contributed by atoms with Gasteiger partial charge in [0.1, 0.15) is 0 Å². The third-order valence-corrected chi connectivity index (χ3v) is 4.89. The number of hydrogen-bond donors (Lipinski definition) is 2. The first kappa shape index (κ1) is 17.6. The fourth-order valence-corrected chi connectivity index (χ4v) is 3.37. The molecule has 2 aromatic carbocycles. The fraction of sp³-hybridized carbons (Fsp3) is 0.263. The topological polar surface area (TPSA) is 81.6 Å². The molecule has 0 radical (unpaired) electrons. The predicted octanol–water partition coefficient (Wildman–Crippen LogP) is 2.54. The van der Waals surface area contributed by atoms with Gasteiger partial charge in [-0.05, 0) is 36.4 Å². The number of hydrogen-bond acceptors (Lipinski definition) is 5. The van der Waals surface area contributed by atoms with Crippen molar-refractivity contribution in [3.8, 4) is 0 Å². The van der Waals surface area contributed by atoms with Gasteiger partial charge in [-0.3, -0.25) is 14.7 Å². The molecule has 7 nitrogen and oxygen atoms in total. The number of nitrogens with zero attached hydrogens (tertiary/aromatic N) is 2. The summed E-state index contributed by atoms with van der Waals surface area (Å²) < 4.78 is 5.01. The van der Waals surface area contributed by atoms with Crippen molar-refractivity contribution >= 4 is 40.0 Å². The molecule has 1 aliphatic heterocycles. The van der Waals surface area contributed by atoms with Crippen LogP contribution in [0.4, 0.5) is 11.4 Å². The summed E-state index contributed by atoms with van der Waals surface area (Å²) in [5.41, 5.74) is 2.78. The van der Waals surface area contributed by atoms with Gasteiger partial charge in [0.15, 0.2) is 5.58 Å². The summed E-state index contributed by atoms with van der Waals surface area (Å²) in [7, 11) is 0. The van der Waals surface area contributed by atoms with Crippen molar-refractivity contribution in [3.63, 3.8) is 0 Å². The van der Waals surface area contributed by atoms with Gasteiger partial charge >= 0.3 is 5.76 Å². The Morgan fingerprint density at radius 2 is 1.85 bits per heavy atom. The molecule has 8 heteroatoms. The van der Waals surface area contributed by atoms with E-state index < -0.39 is 5.76 Å². The van der Waals surface area contributed by atoms with Crippen LogP contribution in [0.25, 0.3) is 11.1 Å². The van der Waals surface area contributed by atoms with Crippen LogP contribution in [0.15, 0.2) is 51.7 Å². The molecule has 0 bridgehead atoms. The average molecular weight is 387 g/mol. The minimum atomic E-state index is -0.507. The lowest BCUT2D eigenvalue weighted by Gasteiger charge is -2.35. The number of benzene rings is 2. The fourth-order valence-electron chi connectivity index (χ4n) is 3.24. The highest BCUT2D eigenvalue weighted by atomic mass is 35.5. The lowest BCUT2D eigenvalue weighted by molar-refractivity contribution is -0.117. The Labute approximate surface area is 160 Å². The Balaban J connectivity index is 1.31. The number of fused-ring (bicyclic) bond motifs is 1. The number of H-pyrrole nitrogens is 1. The van der Waals surface area contributed by atoms with E-state index >= 15 is 0 Å². The van der Waals surface area contributed by atoms with Crippen molar-refractivity contribution in [1.82, 2.24) is 9.88 Å². The van der Waals surface area contributed by atoms with Crippen LogP contribution in [-0.4, -0.2) is 48.5 Å². The zero-order chi connectivity index (χ0) is 18.8. The standard InChI is InChI=1S/C19H19ClN4O3/c20-13-1-4-15(5-2-13)24-9-7-23(8-10-24)12-18(25)21-14-3-6-16-17(11-14)27-19(26)22-16/h1-6,11H,7-10,12H2,(H,21,25)(H,22,26). The Hall–Kier alpha value is -2.77. The molecule has 3 aromatic rings. The van der Waals surface area contributed by atoms with Crippen LogP contribution in [0.5, 0.6) is 0 Å². The molecule has 1 amide bonds. The van der Waals surface area contributed by atoms with Gasteiger partial charge in [-0.1, -0.05) is 11.6 Å². The Bertz CT molecular complexity index is 1000. The summed E-state index contributed by atoms with van der Waals surface area (Å²) in [6.45, 7) is 3.65. The Morgan fingerprint density at radius 1 is 1.11 bits per heavy atom. The van der Waals surface area contributed by atoms with Crippen molar-refractivity contribution in [3.05, 3.63) is 58.0 Å². The SMILES string of the molecule is O=C(CN1CCN(c2ccc(Cl)cc2)CC1)Nc1ccc2[nH]c(=O)oc2c1. The van der Waals surface area contributed by atoms with E-state index in [0.29, 0.717) is 23.3 Å². The molecule has 4 rings (SSSR count). The molecule has 1 aromatic heterocycles. The molecule has 2 N–H and O–H groups in total. The van der Waals surface area contributed by atoms with Crippen molar-refractivity contribution in [1.29, 1.82) is 0 Å². The second kappa shape index (κ2) is 7.46. The number of carbonyl (C=O) groups excluding carboxylic acids is 1. The lowest BCUT2D eigenvalue weighted by atomic mass is 10.2. The molecular weight excluding hydrogens is 368 g/mol. The van der Waals surface area contributed by atoms with Gasteiger partial charge in [-0.2, -0.15) is 0 Å². The first-order chi connectivity index (χ1) is 13.1. The first-order valence-electron chi connectivity index (χ1n) is 8.72. The third kappa shape index (κ3) is 4.15. The molecule has 0 atom stereocenters. The van der Waals surface area contributed by atoms with Crippen molar-refractivity contribution < 1.29 is 9.21 Å². The summed E-state index contributed by atoms with van der Waals surface area (Å²) >= 11 is 5.94. The predicted molar refractivity (Wildman–Crippen MR) is 106 cm³/mol. The van der Waals surface area contributed by atoms with Gasteiger partial charge in [0.2, 0.25) is 5.91 Å². The summed E-state index contributed by atoms with van der Waals surface area (Å²) in [6, 6.07) is 12.9. The quantitative estimate of drug-likeness (QED) is 0.720. The molecular formula is C19H19ClN4O3. The number of aromatic nitrogens is 1. The van der Waals surface area contributed by atoms with Crippen LogP contribution in [0.1, 0.15) is 0 Å². The molecule has 0 aliphatic carbocycles. The van der Waals surface area contributed by atoms with Crippen LogP contribution >= 0.6 is 11.6 Å². The second-order valence-electron chi connectivity index (χ2n) is 6.51. The average Bonchev–Trinajstić information content (AvgIpc) is 3.02. The van der Waals surface area contributed by atoms with Crippen molar-refractivity contribution in [2.24, 2.45) is 0 Å². The molecule has 1 saturated heterocycles. The van der Waals surface area contributed by atoms with E-state index in [9.17, 15) is 9.59 Å². The van der Waals surface area contributed by atoms with Crippen LogP contribution in [0.3, 0.4) is 0 Å². The molecule has 2 heterocycles. The first-order valence-corrected chi connectivity index (χ1v) is 9.10. The van der Waals surface area contributed by atoms with E-state index in [1.54, 1.807) is 18.2 Å². The Kier molecular flexibility index (Phi) is 4.87. The number of halogens is 1. The van der Waals surface area contributed by atoms with Crippen LogP contribution in [-0.2, 0) is 4.79 Å². The zero-order valence-electron chi connectivity index (χ0n) is 14.6. The van der Waals surface area contributed by atoms with E-state index in [0.717, 1.165) is 36.9 Å². The van der Waals surface area contributed by atoms with Gasteiger partial charge in [-0.15, -0.1) is 0 Å². The smallest absolute Gasteiger partial charge is 0.408 e. The number of nitrogens with one attached hydrogen (secondary N) is 2. The normalized spacial score (nSPS) is 15.2. The van der Waals surface area contributed by atoms with Crippen LogP contribution in [0.2, 0.25) is 5.02 Å². The molecule has 0 unspecified atom stereocenters. The molecule has 0 spiro atoms. The monoisotopic (exact) mass is 386 g/mol. The van der Waals surface area contributed by atoms with Crippen molar-refractivity contribution in [2.75, 3.05) is 42.9 Å². The number of rotatable bonds is 4. The van der Waals surface area contributed by atoms with Gasteiger partial charge in [0, 0.05) is 48.6 Å². The number of piperazine rings is 1. The third-order valence-electron chi connectivity index (χ3n) is 4.64. The van der Waals surface area contributed by atoms with E-state index in [2.05, 4.69) is 20.1 Å². The summed E-state index contributed by atoms with van der Waals surface area (Å²) in [4.78, 5) is 30.5. The number of oxazole rings is 1. The maximum Gasteiger partial charge on any atom is 0.417 e. The highest BCUT2D eigenvalue weighted by Crippen LogP contribution is 2.20. The highest BCUT2D eigenvalue weighted by molar-refractivity contribution is 6.30. The van der Waals surface area contributed by atoms with E-state index in [1.807, 2.05) is 24.3 Å². The van der Waals surface area contributed by atoms with Crippen LogP contribution in [0, 0.1) is 0 Å². The summed E-state index contributed by atoms with van der Waals surface area (Å²) in [5.74, 6) is -0.598. The van der Waals surface area contributed by atoms with E-state index in [-0.39, 0.29) is 5.91 Å².